The summed E-state index contributed by atoms with van der Waals surface area (Å²) >= 11 is 0. The van der Waals surface area contributed by atoms with Gasteiger partial charge in [-0.05, 0) is 50.2 Å². The molecule has 0 N–H and O–H groups in total. The predicted molar refractivity (Wildman–Crippen MR) is 105 cm³/mol. The molecular weight excluding hydrogens is 322 g/mol. The molecule has 0 atom stereocenters. The van der Waals surface area contributed by atoms with Crippen molar-refractivity contribution in [3.63, 3.8) is 0 Å². The smallest absolute Gasteiger partial charge is 0.120 e. The summed E-state index contributed by atoms with van der Waals surface area (Å²) in [6.45, 7) is 4.16. The van der Waals surface area contributed by atoms with Gasteiger partial charge in [0.25, 0.3) is 0 Å². The topological polar surface area (TPSA) is 30.3 Å². The number of para-hydroxylation sites is 1. The largest absolute Gasteiger partial charge is 0.492 e. The molecule has 3 aromatic rings. The van der Waals surface area contributed by atoms with E-state index in [-0.39, 0.29) is 0 Å². The lowest BCUT2D eigenvalue weighted by molar-refractivity contribution is 0.183. The molecule has 26 heavy (non-hydrogen) atoms. The van der Waals surface area contributed by atoms with Crippen LogP contribution in [0, 0.1) is 0 Å². The maximum atomic E-state index is 6.02. The predicted octanol–water partition coefficient (Wildman–Crippen LogP) is 4.40. The normalized spacial score (nSPS) is 15.1. The zero-order valence-electron chi connectivity index (χ0n) is 15.1. The van der Waals surface area contributed by atoms with E-state index in [1.165, 1.54) is 32.4 Å². The van der Waals surface area contributed by atoms with Crippen LogP contribution in [-0.4, -0.2) is 40.7 Å². The van der Waals surface area contributed by atoms with Gasteiger partial charge in [-0.2, -0.15) is 0 Å². The number of hydrogen-bond acceptors (Lipinski definition) is 3. The molecule has 4 heteroatoms. The molecule has 4 rings (SSSR count). The summed E-state index contributed by atoms with van der Waals surface area (Å²) in [6, 6.07) is 18.6. The molecule has 1 fully saturated rings. The van der Waals surface area contributed by atoms with Gasteiger partial charge in [-0.25, -0.2) is 4.98 Å². The lowest BCUT2D eigenvalue weighted by Gasteiger charge is -2.26. The van der Waals surface area contributed by atoms with E-state index in [0.717, 1.165) is 35.8 Å². The second-order valence-electron chi connectivity index (χ2n) is 6.76. The van der Waals surface area contributed by atoms with E-state index in [4.69, 9.17) is 4.74 Å². The Morgan fingerprint density at radius 1 is 0.923 bits per heavy atom. The average molecular weight is 347 g/mol. The maximum absolute atomic E-state index is 6.02. The molecular formula is C22H25N3O. The Balaban J connectivity index is 1.46. The molecule has 0 unspecified atom stereocenters. The first-order chi connectivity index (χ1) is 12.9. The SMILES string of the molecule is c1ccc(-n2cncc2-c2cccc(OCCN3CCCCC3)c2)cc1. The molecule has 0 aliphatic carbocycles. The van der Waals surface area contributed by atoms with Gasteiger partial charge in [0.1, 0.15) is 12.4 Å². The first-order valence-electron chi connectivity index (χ1n) is 9.43. The number of nitrogens with zero attached hydrogens (tertiary/aromatic N) is 3. The number of rotatable bonds is 6. The van der Waals surface area contributed by atoms with E-state index in [2.05, 4.69) is 38.7 Å². The highest BCUT2D eigenvalue weighted by atomic mass is 16.5. The molecule has 1 aromatic heterocycles. The number of benzene rings is 2. The molecule has 4 nitrogen and oxygen atoms in total. The van der Waals surface area contributed by atoms with Crippen LogP contribution in [0.25, 0.3) is 16.9 Å². The summed E-state index contributed by atoms with van der Waals surface area (Å²) in [5, 5.41) is 0. The van der Waals surface area contributed by atoms with Crippen LogP contribution in [0.1, 0.15) is 19.3 Å². The molecule has 1 saturated heterocycles. The number of hydrogen-bond donors (Lipinski definition) is 0. The maximum Gasteiger partial charge on any atom is 0.120 e. The van der Waals surface area contributed by atoms with Crippen LogP contribution in [0.3, 0.4) is 0 Å². The molecule has 0 amide bonds. The highest BCUT2D eigenvalue weighted by Crippen LogP contribution is 2.26. The Morgan fingerprint density at radius 2 is 1.77 bits per heavy atom. The van der Waals surface area contributed by atoms with Gasteiger partial charge >= 0.3 is 0 Å². The molecule has 1 aliphatic heterocycles. The van der Waals surface area contributed by atoms with E-state index in [1.54, 1.807) is 0 Å². The van der Waals surface area contributed by atoms with Crippen LogP contribution in [0.15, 0.2) is 67.1 Å². The zero-order valence-corrected chi connectivity index (χ0v) is 15.1. The third-order valence-corrected chi connectivity index (χ3v) is 4.93. The van der Waals surface area contributed by atoms with Gasteiger partial charge in [-0.15, -0.1) is 0 Å². The molecule has 1 aliphatic rings. The van der Waals surface area contributed by atoms with Crippen LogP contribution >= 0.6 is 0 Å². The fraction of sp³-hybridized carbons (Fsp3) is 0.318. The highest BCUT2D eigenvalue weighted by molar-refractivity contribution is 5.63. The molecule has 0 radical (unpaired) electrons. The van der Waals surface area contributed by atoms with Crippen molar-refractivity contribution in [2.45, 2.75) is 19.3 Å². The summed E-state index contributed by atoms with van der Waals surface area (Å²) in [7, 11) is 0. The van der Waals surface area contributed by atoms with Gasteiger partial charge < -0.3 is 4.74 Å². The Hall–Kier alpha value is -2.59. The van der Waals surface area contributed by atoms with Crippen molar-refractivity contribution < 1.29 is 4.74 Å². The summed E-state index contributed by atoms with van der Waals surface area (Å²) in [5.74, 6) is 0.917. The van der Waals surface area contributed by atoms with Gasteiger partial charge in [0, 0.05) is 17.8 Å². The Morgan fingerprint density at radius 3 is 2.62 bits per heavy atom. The van der Waals surface area contributed by atoms with E-state index < -0.39 is 0 Å². The van der Waals surface area contributed by atoms with Crippen molar-refractivity contribution >= 4 is 0 Å². The second-order valence-corrected chi connectivity index (χ2v) is 6.76. The average Bonchev–Trinajstić information content (AvgIpc) is 3.20. The summed E-state index contributed by atoms with van der Waals surface area (Å²) in [6.07, 6.45) is 7.76. The van der Waals surface area contributed by atoms with Crippen molar-refractivity contribution in [3.05, 3.63) is 67.1 Å². The minimum atomic E-state index is 0.738. The minimum Gasteiger partial charge on any atom is -0.492 e. The first kappa shape index (κ1) is 16.9. The molecule has 0 spiro atoms. The molecule has 2 aromatic carbocycles. The van der Waals surface area contributed by atoms with Crippen molar-refractivity contribution in [3.8, 4) is 22.7 Å². The summed E-state index contributed by atoms with van der Waals surface area (Å²) in [5.41, 5.74) is 3.29. The Kier molecular flexibility index (Phi) is 5.31. The zero-order chi connectivity index (χ0) is 17.6. The van der Waals surface area contributed by atoms with Gasteiger partial charge in [-0.3, -0.25) is 9.47 Å². The van der Waals surface area contributed by atoms with Crippen molar-refractivity contribution in [1.29, 1.82) is 0 Å². The van der Waals surface area contributed by atoms with E-state index in [9.17, 15) is 0 Å². The molecule has 0 saturated carbocycles. The van der Waals surface area contributed by atoms with Gasteiger partial charge in [-0.1, -0.05) is 36.8 Å². The lowest BCUT2D eigenvalue weighted by atomic mass is 10.1. The standard InChI is InChI=1S/C22H25N3O/c1-3-9-20(10-4-1)25-18-23-17-22(25)19-8-7-11-21(16-19)26-15-14-24-12-5-2-6-13-24/h1,3-4,7-11,16-18H,2,5-6,12-15H2. The summed E-state index contributed by atoms with van der Waals surface area (Å²) in [4.78, 5) is 6.84. The quantitative estimate of drug-likeness (QED) is 0.662. The monoisotopic (exact) mass is 347 g/mol. The third-order valence-electron chi connectivity index (χ3n) is 4.93. The highest BCUT2D eigenvalue weighted by Gasteiger charge is 2.10. The fourth-order valence-corrected chi connectivity index (χ4v) is 3.52. The van der Waals surface area contributed by atoms with E-state index >= 15 is 0 Å². The van der Waals surface area contributed by atoms with Crippen molar-refractivity contribution in [2.75, 3.05) is 26.2 Å². The van der Waals surface area contributed by atoms with Crippen molar-refractivity contribution in [1.82, 2.24) is 14.5 Å². The number of likely N-dealkylation sites (tertiary alicyclic amines) is 1. The number of piperidine rings is 1. The second kappa shape index (κ2) is 8.19. The lowest BCUT2D eigenvalue weighted by Crippen LogP contribution is -2.33. The van der Waals surface area contributed by atoms with E-state index in [0.29, 0.717) is 0 Å². The van der Waals surface area contributed by atoms with Crippen LogP contribution in [0.2, 0.25) is 0 Å². The molecule has 2 heterocycles. The number of imidazole rings is 1. The van der Waals surface area contributed by atoms with Crippen LogP contribution in [0.4, 0.5) is 0 Å². The van der Waals surface area contributed by atoms with Crippen molar-refractivity contribution in [2.24, 2.45) is 0 Å². The van der Waals surface area contributed by atoms with Gasteiger partial charge in [0.15, 0.2) is 0 Å². The van der Waals surface area contributed by atoms with Gasteiger partial charge in [0.2, 0.25) is 0 Å². The number of aromatic nitrogens is 2. The van der Waals surface area contributed by atoms with Gasteiger partial charge in [0.05, 0.1) is 18.2 Å². The molecule has 134 valence electrons. The summed E-state index contributed by atoms with van der Waals surface area (Å²) < 4.78 is 8.13. The van der Waals surface area contributed by atoms with Crippen LogP contribution in [-0.2, 0) is 0 Å². The third kappa shape index (κ3) is 3.97. The van der Waals surface area contributed by atoms with E-state index in [1.807, 2.05) is 42.9 Å². The number of ether oxygens (including phenoxy) is 1. The Bertz CT molecular complexity index is 822. The first-order valence-corrected chi connectivity index (χ1v) is 9.43. The fourth-order valence-electron chi connectivity index (χ4n) is 3.52. The Labute approximate surface area is 155 Å². The minimum absolute atomic E-state index is 0.738. The van der Waals surface area contributed by atoms with Crippen LogP contribution < -0.4 is 4.74 Å². The molecule has 0 bridgehead atoms. The van der Waals surface area contributed by atoms with Crippen LogP contribution in [0.5, 0.6) is 5.75 Å².